The number of hydrogen-bond acceptors (Lipinski definition) is 7. The van der Waals surface area contributed by atoms with Gasteiger partial charge in [0.1, 0.15) is 23.7 Å². The van der Waals surface area contributed by atoms with Gasteiger partial charge in [0.25, 0.3) is 0 Å². The number of aromatic nitrogens is 1. The van der Waals surface area contributed by atoms with E-state index in [1.807, 2.05) is 74.4 Å². The van der Waals surface area contributed by atoms with Gasteiger partial charge in [0.2, 0.25) is 5.43 Å². The SMILES string of the molecule is Cc1cc(OCCN(C)C)c2oc3cc(Oc4ccc(CCc5ccc(CO)cc5)nc4)ccc3c(=O)c2c1. The highest BCUT2D eigenvalue weighted by Crippen LogP contribution is 2.31. The molecule has 1 N–H and O–H groups in total. The molecule has 0 aliphatic heterocycles. The average Bonchev–Trinajstić information content (AvgIpc) is 2.93. The highest BCUT2D eigenvalue weighted by molar-refractivity contribution is 5.93. The van der Waals surface area contributed by atoms with Crippen molar-refractivity contribution in [2.45, 2.75) is 26.4 Å². The smallest absolute Gasteiger partial charge is 0.200 e. The third-order valence-corrected chi connectivity index (χ3v) is 6.56. The standard InChI is InChI=1S/C32H32N2O5/c1-21-16-28-31(36)27-13-12-25(18-29(27)39-32(28)30(17-21)37-15-14-34(2)3)38-26-11-10-24(33-19-26)9-8-22-4-6-23(20-35)7-5-22/h4-7,10-13,16-19,35H,8-9,14-15,20H2,1-3H3. The van der Waals surface area contributed by atoms with Gasteiger partial charge in [-0.25, -0.2) is 0 Å². The summed E-state index contributed by atoms with van der Waals surface area (Å²) in [6, 6.07) is 20.7. The lowest BCUT2D eigenvalue weighted by Gasteiger charge is -2.13. The van der Waals surface area contributed by atoms with Gasteiger partial charge in [0, 0.05) is 18.3 Å². The van der Waals surface area contributed by atoms with Crippen molar-refractivity contribution in [1.29, 1.82) is 0 Å². The zero-order chi connectivity index (χ0) is 27.4. The van der Waals surface area contributed by atoms with E-state index in [0.29, 0.717) is 45.8 Å². The molecular weight excluding hydrogens is 492 g/mol. The van der Waals surface area contributed by atoms with Gasteiger partial charge in [-0.1, -0.05) is 24.3 Å². The Hall–Kier alpha value is -4.20. The van der Waals surface area contributed by atoms with Crippen molar-refractivity contribution in [1.82, 2.24) is 9.88 Å². The van der Waals surface area contributed by atoms with Crippen LogP contribution >= 0.6 is 0 Å². The molecule has 39 heavy (non-hydrogen) atoms. The summed E-state index contributed by atoms with van der Waals surface area (Å²) in [6.45, 7) is 3.22. The second-order valence-electron chi connectivity index (χ2n) is 9.94. The van der Waals surface area contributed by atoms with Gasteiger partial charge in [0.05, 0.1) is 23.6 Å². The second kappa shape index (κ2) is 11.7. The minimum absolute atomic E-state index is 0.0510. The van der Waals surface area contributed by atoms with E-state index in [-0.39, 0.29) is 12.0 Å². The zero-order valence-corrected chi connectivity index (χ0v) is 22.4. The van der Waals surface area contributed by atoms with Crippen LogP contribution in [0.2, 0.25) is 0 Å². The van der Waals surface area contributed by atoms with Crippen molar-refractivity contribution in [3.63, 3.8) is 0 Å². The normalized spacial score (nSPS) is 11.4. The van der Waals surface area contributed by atoms with E-state index >= 15 is 0 Å². The van der Waals surface area contributed by atoms with Gasteiger partial charge in [0.15, 0.2) is 11.3 Å². The van der Waals surface area contributed by atoms with Crippen molar-refractivity contribution in [3.05, 3.63) is 106 Å². The van der Waals surface area contributed by atoms with E-state index in [1.165, 1.54) is 5.56 Å². The van der Waals surface area contributed by atoms with Crippen LogP contribution in [0.4, 0.5) is 0 Å². The predicted octanol–water partition coefficient (Wildman–Crippen LogP) is 5.66. The summed E-state index contributed by atoms with van der Waals surface area (Å²) in [4.78, 5) is 19.9. The van der Waals surface area contributed by atoms with Crippen molar-refractivity contribution >= 4 is 21.9 Å². The molecule has 0 saturated carbocycles. The summed E-state index contributed by atoms with van der Waals surface area (Å²) in [5.41, 5.74) is 4.76. The van der Waals surface area contributed by atoms with Crippen LogP contribution in [0, 0.1) is 6.92 Å². The van der Waals surface area contributed by atoms with Crippen LogP contribution in [0.1, 0.15) is 22.4 Å². The zero-order valence-electron chi connectivity index (χ0n) is 22.4. The molecule has 3 aromatic carbocycles. The molecule has 5 rings (SSSR count). The number of aryl methyl sites for hydroxylation is 3. The van der Waals surface area contributed by atoms with Crippen molar-refractivity contribution < 1.29 is 19.0 Å². The number of fused-ring (bicyclic) bond motifs is 2. The first-order chi connectivity index (χ1) is 18.9. The van der Waals surface area contributed by atoms with E-state index in [1.54, 1.807) is 24.4 Å². The van der Waals surface area contributed by atoms with Gasteiger partial charge in [-0.2, -0.15) is 0 Å². The molecule has 0 saturated heterocycles. The number of aliphatic hydroxyl groups is 1. The maximum absolute atomic E-state index is 13.3. The molecule has 0 aliphatic carbocycles. The van der Waals surface area contributed by atoms with Gasteiger partial charge in [-0.05, 0) is 86.9 Å². The molecule has 2 aromatic heterocycles. The van der Waals surface area contributed by atoms with E-state index in [4.69, 9.17) is 13.9 Å². The summed E-state index contributed by atoms with van der Waals surface area (Å²) in [5.74, 6) is 1.70. The Morgan fingerprint density at radius 2 is 1.67 bits per heavy atom. The van der Waals surface area contributed by atoms with Crippen molar-refractivity contribution in [2.24, 2.45) is 0 Å². The Bertz CT molecular complexity index is 1640. The number of benzene rings is 3. The Labute approximate surface area is 227 Å². The first-order valence-corrected chi connectivity index (χ1v) is 13.0. The molecular formula is C32H32N2O5. The molecule has 0 spiro atoms. The van der Waals surface area contributed by atoms with E-state index in [0.717, 1.165) is 36.2 Å². The van der Waals surface area contributed by atoms with E-state index in [2.05, 4.69) is 4.98 Å². The molecule has 5 aromatic rings. The van der Waals surface area contributed by atoms with Gasteiger partial charge in [-0.15, -0.1) is 0 Å². The third kappa shape index (κ3) is 6.28. The molecule has 0 unspecified atom stereocenters. The van der Waals surface area contributed by atoms with Crippen LogP contribution in [0.15, 0.2) is 82.1 Å². The Morgan fingerprint density at radius 3 is 2.38 bits per heavy atom. The molecule has 0 bridgehead atoms. The lowest BCUT2D eigenvalue weighted by Crippen LogP contribution is -2.19. The third-order valence-electron chi connectivity index (χ3n) is 6.56. The predicted molar refractivity (Wildman–Crippen MR) is 153 cm³/mol. The lowest BCUT2D eigenvalue weighted by molar-refractivity contribution is 0.261. The topological polar surface area (TPSA) is 85.0 Å². The molecule has 7 nitrogen and oxygen atoms in total. The highest BCUT2D eigenvalue weighted by Gasteiger charge is 2.14. The first kappa shape index (κ1) is 26.4. The van der Waals surface area contributed by atoms with Crippen LogP contribution in [0.25, 0.3) is 21.9 Å². The fourth-order valence-electron chi connectivity index (χ4n) is 4.39. The minimum Gasteiger partial charge on any atom is -0.488 e. The highest BCUT2D eigenvalue weighted by atomic mass is 16.5. The van der Waals surface area contributed by atoms with Crippen LogP contribution in [0.3, 0.4) is 0 Å². The maximum atomic E-state index is 13.3. The molecule has 0 aliphatic rings. The lowest BCUT2D eigenvalue weighted by atomic mass is 10.1. The molecule has 0 fully saturated rings. The van der Waals surface area contributed by atoms with Crippen molar-refractivity contribution in [2.75, 3.05) is 27.2 Å². The Balaban J connectivity index is 1.34. The molecule has 7 heteroatoms. The van der Waals surface area contributed by atoms with Gasteiger partial charge >= 0.3 is 0 Å². The number of likely N-dealkylation sites (N-methyl/N-ethyl adjacent to an activating group) is 1. The number of ether oxygens (including phenoxy) is 2. The van der Waals surface area contributed by atoms with E-state index in [9.17, 15) is 9.90 Å². The van der Waals surface area contributed by atoms with Crippen LogP contribution in [-0.4, -0.2) is 42.2 Å². The average molecular weight is 525 g/mol. The molecule has 2 heterocycles. The number of rotatable bonds is 10. The number of hydrogen-bond donors (Lipinski definition) is 1. The van der Waals surface area contributed by atoms with Crippen LogP contribution in [-0.2, 0) is 19.4 Å². The van der Waals surface area contributed by atoms with Crippen LogP contribution in [0.5, 0.6) is 17.2 Å². The summed E-state index contributed by atoms with van der Waals surface area (Å²) in [5, 5.41) is 10.2. The summed E-state index contributed by atoms with van der Waals surface area (Å²) < 4.78 is 18.2. The molecule has 0 amide bonds. The first-order valence-electron chi connectivity index (χ1n) is 13.0. The second-order valence-corrected chi connectivity index (χ2v) is 9.94. The fourth-order valence-corrected chi connectivity index (χ4v) is 4.39. The van der Waals surface area contributed by atoms with Crippen LogP contribution < -0.4 is 14.9 Å². The maximum Gasteiger partial charge on any atom is 0.200 e. The molecule has 200 valence electrons. The summed E-state index contributed by atoms with van der Waals surface area (Å²) in [6.07, 6.45) is 3.35. The summed E-state index contributed by atoms with van der Waals surface area (Å²) in [7, 11) is 3.96. The monoisotopic (exact) mass is 524 g/mol. The number of aliphatic hydroxyl groups excluding tert-OH is 1. The minimum atomic E-state index is -0.101. The largest absolute Gasteiger partial charge is 0.488 e. The van der Waals surface area contributed by atoms with Gasteiger partial charge < -0.3 is 23.9 Å². The molecule has 0 atom stereocenters. The Kier molecular flexibility index (Phi) is 7.91. The number of nitrogens with zero attached hydrogens (tertiary/aromatic N) is 2. The quantitative estimate of drug-likeness (QED) is 0.236. The van der Waals surface area contributed by atoms with E-state index < -0.39 is 0 Å². The fraction of sp³-hybridized carbons (Fsp3) is 0.250. The molecule has 0 radical (unpaired) electrons. The number of pyridine rings is 1. The Morgan fingerprint density at radius 1 is 0.897 bits per heavy atom. The summed E-state index contributed by atoms with van der Waals surface area (Å²) >= 11 is 0. The van der Waals surface area contributed by atoms with Crippen molar-refractivity contribution in [3.8, 4) is 17.2 Å². The van der Waals surface area contributed by atoms with Gasteiger partial charge in [-0.3, -0.25) is 9.78 Å².